The van der Waals surface area contributed by atoms with E-state index in [2.05, 4.69) is 22.2 Å². The van der Waals surface area contributed by atoms with Crippen LogP contribution in [-0.4, -0.2) is 39.4 Å². The van der Waals surface area contributed by atoms with Gasteiger partial charge in [0.25, 0.3) is 5.91 Å². The van der Waals surface area contributed by atoms with Gasteiger partial charge >= 0.3 is 0 Å². The molecule has 2 heterocycles. The van der Waals surface area contributed by atoms with E-state index in [1.165, 1.54) is 6.08 Å². The van der Waals surface area contributed by atoms with E-state index in [4.69, 9.17) is 11.5 Å². The van der Waals surface area contributed by atoms with Gasteiger partial charge in [-0.2, -0.15) is 0 Å². The summed E-state index contributed by atoms with van der Waals surface area (Å²) in [7, 11) is 0. The van der Waals surface area contributed by atoms with Crippen molar-refractivity contribution in [1.82, 2.24) is 9.88 Å². The van der Waals surface area contributed by atoms with E-state index in [0.717, 1.165) is 5.56 Å². The molecule has 1 aromatic heterocycles. The first-order valence-electron chi connectivity index (χ1n) is 10.4. The van der Waals surface area contributed by atoms with E-state index in [-0.39, 0.29) is 23.4 Å². The Labute approximate surface area is 188 Å². The van der Waals surface area contributed by atoms with Crippen LogP contribution < -0.4 is 22.1 Å². The number of aromatic nitrogens is 1. The van der Waals surface area contributed by atoms with E-state index in [9.17, 15) is 9.59 Å². The number of nitrogens with one attached hydrogen (secondary N) is 2. The van der Waals surface area contributed by atoms with E-state index < -0.39 is 6.17 Å². The van der Waals surface area contributed by atoms with E-state index in [1.54, 1.807) is 43.3 Å². The van der Waals surface area contributed by atoms with Crippen LogP contribution in [0.4, 0.5) is 11.5 Å². The predicted octanol–water partition coefficient (Wildman–Crippen LogP) is 3.06. The number of carbonyl (C=O) groups is 2. The van der Waals surface area contributed by atoms with Crippen molar-refractivity contribution in [3.63, 3.8) is 0 Å². The molecule has 8 heteroatoms. The molecule has 1 saturated heterocycles. The molecule has 2 atom stereocenters. The topological polar surface area (TPSA) is 126 Å². The Morgan fingerprint density at radius 2 is 1.97 bits per heavy atom. The largest absolute Gasteiger partial charge is 0.402 e. The van der Waals surface area contributed by atoms with Crippen molar-refractivity contribution in [2.75, 3.05) is 10.6 Å². The fraction of sp³-hybridized carbons (Fsp3) is 0.292. The van der Waals surface area contributed by atoms with Crippen molar-refractivity contribution < 1.29 is 9.59 Å². The van der Waals surface area contributed by atoms with Crippen molar-refractivity contribution in [1.29, 1.82) is 0 Å². The molecule has 0 spiro atoms. The third kappa shape index (κ3) is 4.97. The van der Waals surface area contributed by atoms with Crippen LogP contribution in [0.2, 0.25) is 0 Å². The van der Waals surface area contributed by atoms with Crippen molar-refractivity contribution in [2.45, 2.75) is 45.4 Å². The number of hydrogen-bond donors (Lipinski definition) is 4. The summed E-state index contributed by atoms with van der Waals surface area (Å²) in [6.07, 6.45) is 2.30. The van der Waals surface area contributed by atoms with E-state index >= 15 is 0 Å². The summed E-state index contributed by atoms with van der Waals surface area (Å²) >= 11 is 0. The first kappa shape index (κ1) is 23.0. The number of pyridine rings is 1. The van der Waals surface area contributed by atoms with Gasteiger partial charge in [0.1, 0.15) is 5.82 Å². The molecule has 168 valence electrons. The van der Waals surface area contributed by atoms with Gasteiger partial charge in [0, 0.05) is 22.5 Å². The van der Waals surface area contributed by atoms with Crippen molar-refractivity contribution in [2.24, 2.45) is 11.5 Å². The highest BCUT2D eigenvalue weighted by Gasteiger charge is 2.55. The lowest BCUT2D eigenvalue weighted by molar-refractivity contribution is -0.111. The van der Waals surface area contributed by atoms with Crippen molar-refractivity contribution in [3.05, 3.63) is 66.4 Å². The molecule has 2 unspecified atom stereocenters. The second kappa shape index (κ2) is 8.84. The Balaban J connectivity index is 2.01. The highest BCUT2D eigenvalue weighted by molar-refractivity contribution is 6.00. The summed E-state index contributed by atoms with van der Waals surface area (Å²) in [6.45, 7) is 11.3. The van der Waals surface area contributed by atoms with Crippen LogP contribution in [0.5, 0.6) is 0 Å². The predicted molar refractivity (Wildman–Crippen MR) is 128 cm³/mol. The lowest BCUT2D eigenvalue weighted by Gasteiger charge is -2.15. The number of nitrogens with zero attached hydrogens (tertiary/aromatic N) is 2. The third-order valence-electron chi connectivity index (χ3n) is 5.62. The summed E-state index contributed by atoms with van der Waals surface area (Å²) in [5.41, 5.74) is 14.6. The molecule has 1 aromatic carbocycles. The van der Waals surface area contributed by atoms with E-state index in [1.807, 2.05) is 31.7 Å². The van der Waals surface area contributed by atoms with Crippen LogP contribution in [0.3, 0.4) is 0 Å². The monoisotopic (exact) mass is 434 g/mol. The molecule has 32 heavy (non-hydrogen) atoms. The molecule has 0 aliphatic carbocycles. The van der Waals surface area contributed by atoms with Crippen molar-refractivity contribution >= 4 is 23.3 Å². The Morgan fingerprint density at radius 3 is 2.56 bits per heavy atom. The smallest absolute Gasteiger partial charge is 0.254 e. The average Bonchev–Trinajstić information content (AvgIpc) is 3.23. The zero-order valence-corrected chi connectivity index (χ0v) is 18.8. The minimum atomic E-state index is -0.569. The summed E-state index contributed by atoms with van der Waals surface area (Å²) < 4.78 is 0. The number of nitrogens with two attached hydrogens (primary N) is 2. The maximum Gasteiger partial charge on any atom is 0.254 e. The number of allylic oxidation sites excluding steroid dienone is 1. The minimum absolute atomic E-state index is 0.0792. The number of amides is 2. The molecule has 1 aliphatic rings. The Bertz CT molecular complexity index is 1090. The number of carbonyl (C=O) groups excluding carboxylic acids is 2. The Kier molecular flexibility index (Phi) is 6.36. The number of benzene rings is 1. The third-order valence-corrected chi connectivity index (χ3v) is 5.62. The minimum Gasteiger partial charge on any atom is -0.402 e. The van der Waals surface area contributed by atoms with Gasteiger partial charge in [-0.15, -0.1) is 0 Å². The van der Waals surface area contributed by atoms with Gasteiger partial charge in [-0.25, -0.2) is 4.98 Å². The Morgan fingerprint density at radius 1 is 1.28 bits per heavy atom. The molecular weight excluding hydrogens is 404 g/mol. The lowest BCUT2D eigenvalue weighted by atomic mass is 10.1. The maximum atomic E-state index is 13.2. The standard InChI is InChI=1S/C24H30N6O2/c1-6-22(31)27-18-9-7-8-16(11-18)19-12-17(23(32)30-15(3)24(30,4)5)13-21(28-19)29-20(26)10-14(2)25/h6-13,15,20H,1,25-26H2,2-5H3,(H,27,31)(H,28,29)/b14-10-. The van der Waals surface area contributed by atoms with Gasteiger partial charge in [-0.3, -0.25) is 9.59 Å². The molecular formula is C24H30N6O2. The molecule has 8 nitrogen and oxygen atoms in total. The summed E-state index contributed by atoms with van der Waals surface area (Å²) in [5, 5.41) is 5.82. The molecule has 1 aliphatic heterocycles. The number of rotatable bonds is 7. The van der Waals surface area contributed by atoms with Gasteiger partial charge in [0.15, 0.2) is 0 Å². The van der Waals surface area contributed by atoms with Crippen LogP contribution in [-0.2, 0) is 4.79 Å². The van der Waals surface area contributed by atoms with Crippen LogP contribution in [0.25, 0.3) is 11.3 Å². The van der Waals surface area contributed by atoms with Gasteiger partial charge < -0.3 is 27.0 Å². The zero-order chi connectivity index (χ0) is 23.6. The first-order chi connectivity index (χ1) is 15.0. The second-order valence-corrected chi connectivity index (χ2v) is 8.49. The number of anilines is 2. The first-order valence-corrected chi connectivity index (χ1v) is 10.4. The Hall–Kier alpha value is -3.65. The van der Waals surface area contributed by atoms with Gasteiger partial charge in [-0.05, 0) is 64.1 Å². The molecule has 2 aromatic rings. The summed E-state index contributed by atoms with van der Waals surface area (Å²) in [6, 6.07) is 10.8. The fourth-order valence-corrected chi connectivity index (χ4v) is 3.58. The highest BCUT2D eigenvalue weighted by Crippen LogP contribution is 2.41. The van der Waals surface area contributed by atoms with Crippen LogP contribution in [0.1, 0.15) is 38.1 Å². The van der Waals surface area contributed by atoms with Gasteiger partial charge in [0.05, 0.1) is 23.4 Å². The second-order valence-electron chi connectivity index (χ2n) is 8.49. The van der Waals surface area contributed by atoms with Crippen molar-refractivity contribution in [3.8, 4) is 11.3 Å². The molecule has 2 amide bonds. The SMILES string of the molecule is C=CC(=O)Nc1cccc(-c2cc(C(=O)N3C(C)C3(C)C)cc(NC(N)/C=C(/C)N)n2)c1. The summed E-state index contributed by atoms with van der Waals surface area (Å²) in [4.78, 5) is 31.4. The molecule has 3 rings (SSSR count). The number of hydrogen-bond acceptors (Lipinski definition) is 6. The molecule has 6 N–H and O–H groups in total. The molecule has 0 bridgehead atoms. The normalized spacial score (nSPS) is 18.0. The van der Waals surface area contributed by atoms with Gasteiger partial charge in [0.2, 0.25) is 5.91 Å². The molecule has 0 saturated carbocycles. The van der Waals surface area contributed by atoms with Gasteiger partial charge in [-0.1, -0.05) is 18.7 Å². The highest BCUT2D eigenvalue weighted by atomic mass is 16.2. The van der Waals surface area contributed by atoms with Crippen LogP contribution in [0.15, 0.2) is 60.8 Å². The van der Waals surface area contributed by atoms with Crippen LogP contribution in [0, 0.1) is 0 Å². The quantitative estimate of drug-likeness (QED) is 0.301. The summed E-state index contributed by atoms with van der Waals surface area (Å²) in [5.74, 6) is 0.0576. The fourth-order valence-electron chi connectivity index (χ4n) is 3.58. The average molecular weight is 435 g/mol. The van der Waals surface area contributed by atoms with Crippen LogP contribution >= 0.6 is 0 Å². The maximum absolute atomic E-state index is 13.2. The molecule has 0 radical (unpaired) electrons. The zero-order valence-electron chi connectivity index (χ0n) is 18.8. The van der Waals surface area contributed by atoms with E-state index in [0.29, 0.717) is 28.5 Å². The molecule has 1 fully saturated rings. The lowest BCUT2D eigenvalue weighted by Crippen LogP contribution is -2.29.